The standard InChI is InChI=1S/C20H17F3N4OS/c21-20(22,23)12-3-1-2-4-13(12)25-18(28)17-15(24)11-9-14-16(26-19(11)29-17)10-5-7-27(14)8-6-10/h1-4,9-10H,5-8,24H2,(H,25,28). The Morgan fingerprint density at radius 1 is 1.24 bits per heavy atom. The second-order valence-electron chi connectivity index (χ2n) is 7.35. The van der Waals surface area contributed by atoms with E-state index in [-0.39, 0.29) is 16.3 Å². The van der Waals surface area contributed by atoms with E-state index in [9.17, 15) is 18.0 Å². The van der Waals surface area contributed by atoms with Gasteiger partial charge < -0.3 is 16.0 Å². The van der Waals surface area contributed by atoms with Gasteiger partial charge in [-0.2, -0.15) is 13.2 Å². The summed E-state index contributed by atoms with van der Waals surface area (Å²) in [5, 5.41) is 3.04. The van der Waals surface area contributed by atoms with Crippen LogP contribution in [-0.4, -0.2) is 24.0 Å². The summed E-state index contributed by atoms with van der Waals surface area (Å²) in [7, 11) is 0. The number of carbonyl (C=O) groups excluding carboxylic acids is 1. The Balaban J connectivity index is 1.53. The lowest BCUT2D eigenvalue weighted by molar-refractivity contribution is -0.136. The molecule has 0 aliphatic carbocycles. The maximum Gasteiger partial charge on any atom is 0.418 e. The molecule has 3 aliphatic heterocycles. The lowest BCUT2D eigenvalue weighted by atomic mass is 9.86. The molecule has 0 saturated carbocycles. The summed E-state index contributed by atoms with van der Waals surface area (Å²) >= 11 is 1.12. The third kappa shape index (κ3) is 2.91. The van der Waals surface area contributed by atoms with Crippen molar-refractivity contribution >= 4 is 44.5 Å². The first kappa shape index (κ1) is 18.2. The van der Waals surface area contributed by atoms with Crippen LogP contribution in [0.5, 0.6) is 0 Å². The molecule has 2 bridgehead atoms. The van der Waals surface area contributed by atoms with Crippen LogP contribution in [0.15, 0.2) is 30.3 Å². The molecule has 0 atom stereocenters. The summed E-state index contributed by atoms with van der Waals surface area (Å²) in [6.45, 7) is 1.97. The van der Waals surface area contributed by atoms with E-state index < -0.39 is 17.6 Å². The number of para-hydroxylation sites is 1. The van der Waals surface area contributed by atoms with Gasteiger partial charge in [0, 0.05) is 24.4 Å². The molecule has 5 nitrogen and oxygen atoms in total. The van der Waals surface area contributed by atoms with E-state index in [1.54, 1.807) is 0 Å². The number of pyridine rings is 1. The second kappa shape index (κ2) is 6.35. The average Bonchev–Trinajstić information content (AvgIpc) is 3.03. The van der Waals surface area contributed by atoms with E-state index in [0.29, 0.717) is 16.1 Å². The Bertz CT molecular complexity index is 1130. The van der Waals surface area contributed by atoms with Gasteiger partial charge in [-0.15, -0.1) is 11.3 Å². The first-order chi connectivity index (χ1) is 13.8. The number of hydrogen-bond donors (Lipinski definition) is 2. The number of halogens is 3. The topological polar surface area (TPSA) is 71.2 Å². The monoisotopic (exact) mass is 418 g/mol. The second-order valence-corrected chi connectivity index (χ2v) is 8.35. The fraction of sp³-hybridized carbons (Fsp3) is 0.300. The lowest BCUT2D eigenvalue weighted by Crippen LogP contribution is -2.39. The number of amides is 1. The zero-order valence-electron chi connectivity index (χ0n) is 15.2. The van der Waals surface area contributed by atoms with Gasteiger partial charge in [-0.3, -0.25) is 4.79 Å². The number of anilines is 3. The summed E-state index contributed by atoms with van der Waals surface area (Å²) < 4.78 is 39.6. The number of aromatic nitrogens is 1. The first-order valence-corrected chi connectivity index (χ1v) is 10.1. The molecular formula is C20H17F3N4OS. The van der Waals surface area contributed by atoms with Crippen LogP contribution >= 0.6 is 11.3 Å². The summed E-state index contributed by atoms with van der Waals surface area (Å²) in [6.07, 6.45) is -2.44. The summed E-state index contributed by atoms with van der Waals surface area (Å²) in [4.78, 5) is 20.6. The summed E-state index contributed by atoms with van der Waals surface area (Å²) in [6, 6.07) is 6.86. The predicted molar refractivity (Wildman–Crippen MR) is 108 cm³/mol. The number of nitrogens with two attached hydrogens (primary N) is 1. The molecule has 3 N–H and O–H groups in total. The number of nitrogen functional groups attached to an aromatic ring is 1. The van der Waals surface area contributed by atoms with Crippen LogP contribution in [0, 0.1) is 0 Å². The number of alkyl halides is 3. The van der Waals surface area contributed by atoms with Gasteiger partial charge in [0.1, 0.15) is 9.71 Å². The Kier molecular flexibility index (Phi) is 3.99. The van der Waals surface area contributed by atoms with Crippen LogP contribution in [0.1, 0.15) is 39.7 Å². The molecule has 1 saturated heterocycles. The molecule has 9 heteroatoms. The van der Waals surface area contributed by atoms with Gasteiger partial charge in [0.15, 0.2) is 0 Å². The lowest BCUT2D eigenvalue weighted by Gasteiger charge is -2.41. The molecule has 0 unspecified atom stereocenters. The van der Waals surface area contributed by atoms with E-state index in [1.165, 1.54) is 18.2 Å². The number of nitrogens with zero attached hydrogens (tertiary/aromatic N) is 2. The molecule has 1 amide bonds. The first-order valence-electron chi connectivity index (χ1n) is 9.28. The molecular weight excluding hydrogens is 401 g/mol. The predicted octanol–water partition coefficient (Wildman–Crippen LogP) is 4.85. The van der Waals surface area contributed by atoms with Crippen molar-refractivity contribution < 1.29 is 18.0 Å². The highest BCUT2D eigenvalue weighted by Crippen LogP contribution is 2.45. The van der Waals surface area contributed by atoms with Crippen LogP contribution in [0.2, 0.25) is 0 Å². The Hall–Kier alpha value is -2.81. The molecule has 6 rings (SSSR count). The van der Waals surface area contributed by atoms with Crippen molar-refractivity contribution in [2.75, 3.05) is 29.0 Å². The van der Waals surface area contributed by atoms with Crippen molar-refractivity contribution in [2.45, 2.75) is 24.9 Å². The summed E-state index contributed by atoms with van der Waals surface area (Å²) in [5.74, 6) is -0.248. The molecule has 150 valence electrons. The number of benzene rings is 1. The highest BCUT2D eigenvalue weighted by molar-refractivity contribution is 7.21. The Morgan fingerprint density at radius 3 is 2.69 bits per heavy atom. The van der Waals surface area contributed by atoms with Crippen molar-refractivity contribution in [3.05, 3.63) is 46.5 Å². The SMILES string of the molecule is Nc1c(C(=O)Nc2ccccc2C(F)(F)F)sc2nc3c(cc12)N1CCC3CC1. The van der Waals surface area contributed by atoms with E-state index in [2.05, 4.69) is 10.2 Å². The zero-order chi connectivity index (χ0) is 20.3. The van der Waals surface area contributed by atoms with Gasteiger partial charge in [-0.1, -0.05) is 12.1 Å². The van der Waals surface area contributed by atoms with E-state index in [1.807, 2.05) is 6.07 Å². The molecule has 3 aliphatic rings. The van der Waals surface area contributed by atoms with Crippen LogP contribution < -0.4 is 16.0 Å². The van der Waals surface area contributed by atoms with E-state index in [0.717, 1.165) is 54.7 Å². The zero-order valence-corrected chi connectivity index (χ0v) is 16.0. The molecule has 0 radical (unpaired) electrons. The molecule has 29 heavy (non-hydrogen) atoms. The number of hydrogen-bond acceptors (Lipinski definition) is 5. The summed E-state index contributed by atoms with van der Waals surface area (Å²) in [5.41, 5.74) is 7.37. The van der Waals surface area contributed by atoms with Crippen molar-refractivity contribution in [1.82, 2.24) is 4.98 Å². The highest BCUT2D eigenvalue weighted by atomic mass is 32.1. The minimum Gasteiger partial charge on any atom is -0.397 e. The third-order valence-electron chi connectivity index (χ3n) is 5.64. The van der Waals surface area contributed by atoms with E-state index >= 15 is 0 Å². The third-order valence-corrected chi connectivity index (χ3v) is 6.75. The largest absolute Gasteiger partial charge is 0.418 e. The van der Waals surface area contributed by atoms with Gasteiger partial charge >= 0.3 is 6.18 Å². The van der Waals surface area contributed by atoms with Crippen molar-refractivity contribution in [3.63, 3.8) is 0 Å². The van der Waals surface area contributed by atoms with Crippen LogP contribution in [0.4, 0.5) is 30.2 Å². The Morgan fingerprint density at radius 2 is 1.97 bits per heavy atom. The molecule has 2 aromatic heterocycles. The number of carbonyl (C=O) groups is 1. The normalized spacial score (nSPS) is 16.3. The van der Waals surface area contributed by atoms with Gasteiger partial charge in [0.25, 0.3) is 5.91 Å². The molecule has 5 heterocycles. The van der Waals surface area contributed by atoms with Crippen molar-refractivity contribution in [1.29, 1.82) is 0 Å². The van der Waals surface area contributed by atoms with Crippen LogP contribution in [0.25, 0.3) is 10.2 Å². The number of thiophene rings is 1. The van der Waals surface area contributed by atoms with Gasteiger partial charge in [-0.25, -0.2) is 4.98 Å². The van der Waals surface area contributed by atoms with Crippen LogP contribution in [0.3, 0.4) is 0 Å². The van der Waals surface area contributed by atoms with Crippen molar-refractivity contribution in [3.8, 4) is 0 Å². The number of rotatable bonds is 2. The number of fused-ring (bicyclic) bond motifs is 3. The van der Waals surface area contributed by atoms with E-state index in [4.69, 9.17) is 10.7 Å². The van der Waals surface area contributed by atoms with Gasteiger partial charge in [0.05, 0.1) is 28.3 Å². The minimum atomic E-state index is -4.57. The van der Waals surface area contributed by atoms with Gasteiger partial charge in [-0.05, 0) is 31.0 Å². The maximum atomic E-state index is 13.2. The number of piperidine rings is 1. The maximum absolute atomic E-state index is 13.2. The minimum absolute atomic E-state index is 0.175. The Labute approximate surface area is 168 Å². The van der Waals surface area contributed by atoms with Crippen molar-refractivity contribution in [2.24, 2.45) is 0 Å². The van der Waals surface area contributed by atoms with Crippen LogP contribution in [-0.2, 0) is 6.18 Å². The fourth-order valence-corrected chi connectivity index (χ4v) is 5.16. The smallest absolute Gasteiger partial charge is 0.397 e. The highest BCUT2D eigenvalue weighted by Gasteiger charge is 2.35. The van der Waals surface area contributed by atoms with Gasteiger partial charge in [0.2, 0.25) is 0 Å². The molecule has 1 aromatic carbocycles. The quantitative estimate of drug-likeness (QED) is 0.624. The number of nitrogens with one attached hydrogen (secondary N) is 1. The molecule has 3 aromatic rings. The molecule has 1 fully saturated rings. The molecule has 0 spiro atoms. The fourth-order valence-electron chi connectivity index (χ4n) is 4.18. The average molecular weight is 418 g/mol.